The van der Waals surface area contributed by atoms with E-state index in [1.54, 1.807) is 18.4 Å². The molecule has 10 heteroatoms. The maximum atomic E-state index is 13.2. The van der Waals surface area contributed by atoms with Crippen molar-refractivity contribution >= 4 is 17.2 Å². The van der Waals surface area contributed by atoms with Crippen molar-refractivity contribution in [3.63, 3.8) is 0 Å². The van der Waals surface area contributed by atoms with Gasteiger partial charge in [-0.05, 0) is 49.2 Å². The number of fused-ring (bicyclic) bond motifs is 2. The predicted molar refractivity (Wildman–Crippen MR) is 101 cm³/mol. The normalized spacial score (nSPS) is 24.3. The Morgan fingerprint density at radius 3 is 3.00 bits per heavy atom. The van der Waals surface area contributed by atoms with E-state index in [0.29, 0.717) is 25.5 Å². The van der Waals surface area contributed by atoms with Gasteiger partial charge in [0.15, 0.2) is 0 Å². The molecule has 28 heavy (non-hydrogen) atoms. The third kappa shape index (κ3) is 3.14. The van der Waals surface area contributed by atoms with Crippen LogP contribution in [0.2, 0.25) is 0 Å². The summed E-state index contributed by atoms with van der Waals surface area (Å²) in [4.78, 5) is 18.5. The maximum absolute atomic E-state index is 13.2. The maximum Gasteiger partial charge on any atom is 0.264 e. The van der Waals surface area contributed by atoms with Crippen molar-refractivity contribution in [1.82, 2.24) is 30.4 Å². The monoisotopic (exact) mass is 404 g/mol. The van der Waals surface area contributed by atoms with E-state index in [1.807, 2.05) is 4.90 Å². The second-order valence-corrected chi connectivity index (χ2v) is 8.61. The number of morpholine rings is 1. The van der Waals surface area contributed by atoms with Gasteiger partial charge < -0.3 is 19.7 Å². The molecule has 1 unspecified atom stereocenters. The highest BCUT2D eigenvalue weighted by Crippen LogP contribution is 2.44. The molecule has 5 heterocycles. The summed E-state index contributed by atoms with van der Waals surface area (Å²) in [5.41, 5.74) is 1.07. The first-order valence-corrected chi connectivity index (χ1v) is 10.6. The summed E-state index contributed by atoms with van der Waals surface area (Å²) in [6.45, 7) is 4.13. The molecule has 3 aliphatic rings. The van der Waals surface area contributed by atoms with Gasteiger partial charge in [-0.15, -0.1) is 21.5 Å². The largest absolute Gasteiger partial charge is 0.369 e. The average molecular weight is 404 g/mol. The number of tetrazole rings is 1. The summed E-state index contributed by atoms with van der Waals surface area (Å²) in [5.74, 6) is 0.577. The highest BCUT2D eigenvalue weighted by Gasteiger charge is 2.41. The fourth-order valence-electron chi connectivity index (χ4n) is 4.30. The van der Waals surface area contributed by atoms with E-state index in [-0.39, 0.29) is 17.6 Å². The molecule has 2 saturated heterocycles. The van der Waals surface area contributed by atoms with Gasteiger partial charge in [-0.1, -0.05) is 0 Å². The molecular formula is C18H24N6O3S. The van der Waals surface area contributed by atoms with Crippen molar-refractivity contribution in [3.8, 4) is 0 Å². The molecule has 0 aliphatic carbocycles. The fourth-order valence-corrected chi connectivity index (χ4v) is 5.68. The van der Waals surface area contributed by atoms with Gasteiger partial charge in [0.1, 0.15) is 11.7 Å². The summed E-state index contributed by atoms with van der Waals surface area (Å²) in [7, 11) is 1.72. The summed E-state index contributed by atoms with van der Waals surface area (Å²) in [6.07, 6.45) is 2.47. The summed E-state index contributed by atoms with van der Waals surface area (Å²) in [6, 6.07) is 2.08. The van der Waals surface area contributed by atoms with Gasteiger partial charge in [-0.25, -0.2) is 0 Å². The van der Waals surface area contributed by atoms with Crippen molar-refractivity contribution in [2.45, 2.75) is 31.0 Å². The molecular weight excluding hydrogens is 380 g/mol. The zero-order chi connectivity index (χ0) is 19.1. The van der Waals surface area contributed by atoms with Crippen LogP contribution in [-0.4, -0.2) is 70.4 Å². The topological polar surface area (TPSA) is 94.4 Å². The molecule has 1 N–H and O–H groups in total. The molecule has 150 valence electrons. The lowest BCUT2D eigenvalue weighted by Gasteiger charge is -2.40. The molecule has 1 atom stereocenters. The van der Waals surface area contributed by atoms with Crippen LogP contribution in [0.15, 0.2) is 6.07 Å². The zero-order valence-electron chi connectivity index (χ0n) is 15.9. The number of ether oxygens (including phenoxy) is 2. The average Bonchev–Trinajstić information content (AvgIpc) is 3.36. The Balaban J connectivity index is 1.37. The number of rotatable bonds is 2. The number of carbonyl (C=O) groups excluding carboxylic acids is 1. The van der Waals surface area contributed by atoms with Gasteiger partial charge in [-0.3, -0.25) is 4.79 Å². The van der Waals surface area contributed by atoms with Crippen LogP contribution >= 0.6 is 11.3 Å². The minimum absolute atomic E-state index is 0.0562. The van der Waals surface area contributed by atoms with Crippen LogP contribution in [0.1, 0.15) is 44.9 Å². The van der Waals surface area contributed by atoms with Crippen molar-refractivity contribution < 1.29 is 14.3 Å². The minimum atomic E-state index is -0.333. The number of amides is 1. The summed E-state index contributed by atoms with van der Waals surface area (Å²) >= 11 is 1.61. The number of hydrogen-bond acceptors (Lipinski definition) is 8. The van der Waals surface area contributed by atoms with Crippen molar-refractivity contribution in [2.24, 2.45) is 7.05 Å². The lowest BCUT2D eigenvalue weighted by atomic mass is 9.86. The van der Waals surface area contributed by atoms with E-state index in [4.69, 9.17) is 9.47 Å². The van der Waals surface area contributed by atoms with Gasteiger partial charge >= 0.3 is 0 Å². The second-order valence-electron chi connectivity index (χ2n) is 7.56. The highest BCUT2D eigenvalue weighted by atomic mass is 32.1. The third-order valence-corrected chi connectivity index (χ3v) is 7.11. The fraction of sp³-hybridized carbons (Fsp3) is 0.667. The van der Waals surface area contributed by atoms with Crippen LogP contribution in [0, 0.1) is 0 Å². The third-order valence-electron chi connectivity index (χ3n) is 5.76. The van der Waals surface area contributed by atoms with Crippen LogP contribution in [0.5, 0.6) is 0 Å². The molecule has 3 aliphatic heterocycles. The molecule has 0 bridgehead atoms. The number of hydrogen-bond donors (Lipinski definition) is 1. The van der Waals surface area contributed by atoms with Crippen molar-refractivity contribution in [1.29, 1.82) is 0 Å². The second kappa shape index (κ2) is 7.18. The number of thiophene rings is 1. The van der Waals surface area contributed by atoms with E-state index in [9.17, 15) is 4.79 Å². The van der Waals surface area contributed by atoms with Crippen LogP contribution < -0.4 is 5.32 Å². The van der Waals surface area contributed by atoms with Crippen LogP contribution in [0.25, 0.3) is 0 Å². The molecule has 2 fully saturated rings. The van der Waals surface area contributed by atoms with E-state index in [2.05, 4.69) is 26.8 Å². The first-order chi connectivity index (χ1) is 13.6. The molecule has 5 rings (SSSR count). The smallest absolute Gasteiger partial charge is 0.264 e. The molecule has 0 aromatic carbocycles. The Bertz CT molecular complexity index is 875. The Kier molecular flexibility index (Phi) is 4.66. The number of aryl methyl sites for hydroxylation is 1. The van der Waals surface area contributed by atoms with E-state index in [0.717, 1.165) is 43.8 Å². The van der Waals surface area contributed by atoms with Gasteiger partial charge in [0.25, 0.3) is 5.91 Å². The Labute approximate surface area is 167 Å². The first kappa shape index (κ1) is 18.2. The SMILES string of the molecule is Cn1nnc(C2CN(C(=O)c3cc4c(s3)C3(CCNCC3)OCC4)CCO2)n1. The Hall–Kier alpha value is -1.88. The molecule has 1 spiro atoms. The van der Waals surface area contributed by atoms with E-state index >= 15 is 0 Å². The number of nitrogens with one attached hydrogen (secondary N) is 1. The standard InChI is InChI=1S/C18H24N6O3S/c1-23-21-16(20-22-23)13-11-24(7-9-26-13)17(25)14-10-12-2-8-27-18(15(12)28-14)3-5-19-6-4-18/h10,13,19H,2-9,11H2,1H3. The Morgan fingerprint density at radius 2 is 2.21 bits per heavy atom. The van der Waals surface area contributed by atoms with Crippen molar-refractivity contribution in [2.75, 3.05) is 39.4 Å². The molecule has 0 saturated carbocycles. The number of nitrogens with zero attached hydrogens (tertiary/aromatic N) is 5. The lowest BCUT2D eigenvalue weighted by Crippen LogP contribution is -2.44. The van der Waals surface area contributed by atoms with Gasteiger partial charge in [0.05, 0.1) is 31.7 Å². The highest BCUT2D eigenvalue weighted by molar-refractivity contribution is 7.14. The van der Waals surface area contributed by atoms with Crippen LogP contribution in [0.4, 0.5) is 0 Å². The molecule has 2 aromatic heterocycles. The van der Waals surface area contributed by atoms with Gasteiger partial charge in [0, 0.05) is 11.4 Å². The molecule has 0 radical (unpaired) electrons. The number of carbonyl (C=O) groups is 1. The van der Waals surface area contributed by atoms with Crippen LogP contribution in [-0.2, 0) is 28.5 Å². The molecule has 9 nitrogen and oxygen atoms in total. The number of piperidine rings is 1. The Morgan fingerprint density at radius 1 is 1.36 bits per heavy atom. The predicted octanol–water partition coefficient (Wildman–Crippen LogP) is 0.637. The van der Waals surface area contributed by atoms with Gasteiger partial charge in [-0.2, -0.15) is 4.80 Å². The van der Waals surface area contributed by atoms with Crippen molar-refractivity contribution in [3.05, 3.63) is 27.2 Å². The van der Waals surface area contributed by atoms with Crippen LogP contribution in [0.3, 0.4) is 0 Å². The number of aromatic nitrogens is 4. The van der Waals surface area contributed by atoms with Gasteiger partial charge in [0.2, 0.25) is 5.82 Å². The van der Waals surface area contributed by atoms with E-state index < -0.39 is 0 Å². The lowest BCUT2D eigenvalue weighted by molar-refractivity contribution is -0.0771. The summed E-state index contributed by atoms with van der Waals surface area (Å²) in [5, 5.41) is 15.5. The first-order valence-electron chi connectivity index (χ1n) is 9.77. The molecule has 2 aromatic rings. The quantitative estimate of drug-likeness (QED) is 0.785. The zero-order valence-corrected chi connectivity index (χ0v) is 16.7. The molecule has 1 amide bonds. The summed E-state index contributed by atoms with van der Waals surface area (Å²) < 4.78 is 12.0. The van der Waals surface area contributed by atoms with E-state index in [1.165, 1.54) is 15.2 Å². The minimum Gasteiger partial charge on any atom is -0.369 e.